The van der Waals surface area contributed by atoms with Crippen LogP contribution in [0.3, 0.4) is 0 Å². The summed E-state index contributed by atoms with van der Waals surface area (Å²) < 4.78 is 0. The third kappa shape index (κ3) is 3.45. The molecule has 2 aliphatic rings. The van der Waals surface area contributed by atoms with E-state index in [1.807, 2.05) is 31.2 Å². The zero-order valence-corrected chi connectivity index (χ0v) is 16.6. The average Bonchev–Trinajstić information content (AvgIpc) is 2.74. The average molecular weight is 406 g/mol. The van der Waals surface area contributed by atoms with Crippen LogP contribution in [0.1, 0.15) is 23.5 Å². The highest BCUT2D eigenvalue weighted by Gasteiger charge is 2.40. The van der Waals surface area contributed by atoms with E-state index in [0.29, 0.717) is 28.7 Å². The molecule has 2 heterocycles. The van der Waals surface area contributed by atoms with Gasteiger partial charge in [0.25, 0.3) is 5.69 Å². The van der Waals surface area contributed by atoms with Gasteiger partial charge in [-0.1, -0.05) is 47.7 Å². The molecule has 4 rings (SSSR count). The number of amides is 1. The Morgan fingerprint density at radius 1 is 1.21 bits per heavy atom. The van der Waals surface area contributed by atoms with E-state index < -0.39 is 10.8 Å². The molecule has 0 bridgehead atoms. The number of thioether (sulfide) groups is 1. The topological polar surface area (TPSA) is 90.5 Å². The summed E-state index contributed by atoms with van der Waals surface area (Å²) in [5.74, 6) is -0.137. The zero-order chi connectivity index (χ0) is 20.5. The maximum atomic E-state index is 13.0. The second-order valence-corrected chi connectivity index (χ2v) is 7.95. The molecule has 0 spiro atoms. The molecule has 2 aliphatic heterocycles. The predicted molar refractivity (Wildman–Crippen MR) is 111 cm³/mol. The summed E-state index contributed by atoms with van der Waals surface area (Å²) in [6.07, 6.45) is 0.0412. The number of carbonyl (C=O) groups is 1. The fraction of sp³-hybridized carbons (Fsp3) is 0.238. The van der Waals surface area contributed by atoms with E-state index in [2.05, 4.69) is 11.0 Å². The van der Waals surface area contributed by atoms with Crippen molar-refractivity contribution in [3.8, 4) is 6.07 Å². The van der Waals surface area contributed by atoms with Gasteiger partial charge in [0.2, 0.25) is 5.91 Å². The van der Waals surface area contributed by atoms with Crippen molar-refractivity contribution in [2.45, 2.75) is 19.3 Å². The van der Waals surface area contributed by atoms with Gasteiger partial charge in [0.15, 0.2) is 0 Å². The molecule has 29 heavy (non-hydrogen) atoms. The van der Waals surface area contributed by atoms with Crippen LogP contribution in [0, 0.1) is 28.4 Å². The Morgan fingerprint density at radius 3 is 2.62 bits per heavy atom. The molecule has 0 aromatic heterocycles. The largest absolute Gasteiger partial charge is 0.344 e. The van der Waals surface area contributed by atoms with Crippen LogP contribution in [0.25, 0.3) is 0 Å². The van der Waals surface area contributed by atoms with Gasteiger partial charge in [-0.05, 0) is 19.1 Å². The standard InChI is InChI=1S/C21H18N4O3S/c1-14-6-8-15(9-7-14)23-12-24-20(26)10-17(18(11-22)21(24)29-13-23)16-4-2-3-5-19(16)25(27)28/h2-9,17H,10,12-13H2,1H3/t17-/m0/s1. The van der Waals surface area contributed by atoms with E-state index in [4.69, 9.17) is 0 Å². The molecule has 0 aliphatic carbocycles. The van der Waals surface area contributed by atoms with Crippen LogP contribution in [0.4, 0.5) is 11.4 Å². The fourth-order valence-electron chi connectivity index (χ4n) is 3.70. The first kappa shape index (κ1) is 19.0. The number of allylic oxidation sites excluding steroid dienone is 1. The second-order valence-electron chi connectivity index (χ2n) is 7.02. The first-order valence-electron chi connectivity index (χ1n) is 9.12. The third-order valence-corrected chi connectivity index (χ3v) is 6.36. The second kappa shape index (κ2) is 7.60. The number of nitriles is 1. The molecule has 1 fully saturated rings. The third-order valence-electron chi connectivity index (χ3n) is 5.20. The number of hydrogen-bond acceptors (Lipinski definition) is 6. The van der Waals surface area contributed by atoms with Crippen molar-refractivity contribution in [2.75, 3.05) is 17.4 Å². The van der Waals surface area contributed by atoms with E-state index in [-0.39, 0.29) is 18.0 Å². The SMILES string of the molecule is Cc1ccc(N2CSC3=C(C#N)[C@H](c4ccccc4[N+](=O)[O-])CC(=O)N3C2)cc1. The molecule has 146 valence electrons. The van der Waals surface area contributed by atoms with E-state index in [9.17, 15) is 20.2 Å². The van der Waals surface area contributed by atoms with Crippen LogP contribution in [0.15, 0.2) is 59.1 Å². The number of benzene rings is 2. The van der Waals surface area contributed by atoms with Crippen molar-refractivity contribution in [1.29, 1.82) is 5.26 Å². The summed E-state index contributed by atoms with van der Waals surface area (Å²) in [4.78, 5) is 27.6. The van der Waals surface area contributed by atoms with Crippen molar-refractivity contribution in [1.82, 2.24) is 4.90 Å². The number of aryl methyl sites for hydroxylation is 1. The molecule has 1 saturated heterocycles. The van der Waals surface area contributed by atoms with Crippen LogP contribution in [-0.2, 0) is 4.79 Å². The highest BCUT2D eigenvalue weighted by Crippen LogP contribution is 2.45. The number of anilines is 1. The van der Waals surface area contributed by atoms with Crippen LogP contribution in [0.5, 0.6) is 0 Å². The minimum atomic E-state index is -0.598. The van der Waals surface area contributed by atoms with Crippen molar-refractivity contribution in [3.05, 3.63) is 80.4 Å². The first-order chi connectivity index (χ1) is 14.0. The first-order valence-corrected chi connectivity index (χ1v) is 10.1. The number of hydrogen-bond donors (Lipinski definition) is 0. The van der Waals surface area contributed by atoms with Crippen molar-refractivity contribution in [3.63, 3.8) is 0 Å². The lowest BCUT2D eigenvalue weighted by Crippen LogP contribution is -2.47. The number of rotatable bonds is 3. The summed E-state index contributed by atoms with van der Waals surface area (Å²) in [5.41, 5.74) is 2.94. The van der Waals surface area contributed by atoms with Crippen LogP contribution in [0.2, 0.25) is 0 Å². The Morgan fingerprint density at radius 2 is 1.93 bits per heavy atom. The van der Waals surface area contributed by atoms with Gasteiger partial charge in [-0.25, -0.2) is 0 Å². The minimum Gasteiger partial charge on any atom is -0.344 e. The molecule has 1 amide bonds. The van der Waals surface area contributed by atoms with Crippen LogP contribution < -0.4 is 4.90 Å². The number of nitrogens with zero attached hydrogens (tertiary/aromatic N) is 4. The number of nitro benzene ring substituents is 1. The number of carbonyl (C=O) groups excluding carboxylic acids is 1. The highest BCUT2D eigenvalue weighted by molar-refractivity contribution is 8.03. The highest BCUT2D eigenvalue weighted by atomic mass is 32.2. The normalized spacial score (nSPS) is 19.0. The van der Waals surface area contributed by atoms with Gasteiger partial charge in [-0.2, -0.15) is 5.26 Å². The van der Waals surface area contributed by atoms with Gasteiger partial charge in [0.1, 0.15) is 0 Å². The van der Waals surface area contributed by atoms with Crippen molar-refractivity contribution < 1.29 is 9.72 Å². The van der Waals surface area contributed by atoms with Gasteiger partial charge in [-0.3, -0.25) is 19.8 Å². The lowest BCUT2D eigenvalue weighted by Gasteiger charge is -2.42. The van der Waals surface area contributed by atoms with E-state index in [1.54, 1.807) is 23.1 Å². The molecular formula is C21H18N4O3S. The van der Waals surface area contributed by atoms with Crippen molar-refractivity contribution in [2.24, 2.45) is 0 Å². The maximum absolute atomic E-state index is 13.0. The quantitative estimate of drug-likeness (QED) is 0.562. The Kier molecular flexibility index (Phi) is 4.99. The molecule has 2 aromatic rings. The number of fused-ring (bicyclic) bond motifs is 1. The Bertz CT molecular complexity index is 1060. The van der Waals surface area contributed by atoms with E-state index in [1.165, 1.54) is 17.8 Å². The minimum absolute atomic E-state index is 0.0412. The Balaban J connectivity index is 1.70. The summed E-state index contributed by atoms with van der Waals surface area (Å²) in [5, 5.41) is 21.9. The maximum Gasteiger partial charge on any atom is 0.273 e. The van der Waals surface area contributed by atoms with Gasteiger partial charge >= 0.3 is 0 Å². The number of para-hydroxylation sites is 1. The molecule has 0 saturated carbocycles. The predicted octanol–water partition coefficient (Wildman–Crippen LogP) is 4.12. The smallest absolute Gasteiger partial charge is 0.273 e. The monoisotopic (exact) mass is 406 g/mol. The summed E-state index contributed by atoms with van der Waals surface area (Å²) in [6, 6.07) is 16.6. The van der Waals surface area contributed by atoms with Gasteiger partial charge in [-0.15, -0.1) is 0 Å². The number of nitro groups is 1. The molecule has 0 radical (unpaired) electrons. The zero-order valence-electron chi connectivity index (χ0n) is 15.7. The molecule has 2 aromatic carbocycles. The lowest BCUT2D eigenvalue weighted by molar-refractivity contribution is -0.385. The summed E-state index contributed by atoms with van der Waals surface area (Å²) in [6.45, 7) is 2.38. The summed E-state index contributed by atoms with van der Waals surface area (Å²) >= 11 is 1.42. The molecule has 0 N–H and O–H groups in total. The Hall–Kier alpha value is -3.31. The van der Waals surface area contributed by atoms with Gasteiger partial charge in [0.05, 0.1) is 34.1 Å². The lowest BCUT2D eigenvalue weighted by atomic mass is 9.85. The van der Waals surface area contributed by atoms with Crippen LogP contribution >= 0.6 is 11.8 Å². The fourth-order valence-corrected chi connectivity index (χ4v) is 4.86. The van der Waals surface area contributed by atoms with Gasteiger partial charge < -0.3 is 4.90 Å². The van der Waals surface area contributed by atoms with Crippen LogP contribution in [-0.4, -0.2) is 28.3 Å². The van der Waals surface area contributed by atoms with Crippen molar-refractivity contribution >= 4 is 29.0 Å². The molecule has 0 unspecified atom stereocenters. The van der Waals surface area contributed by atoms with Gasteiger partial charge in [0, 0.05) is 29.7 Å². The molecular weight excluding hydrogens is 388 g/mol. The van der Waals surface area contributed by atoms with E-state index in [0.717, 1.165) is 11.3 Å². The molecule has 7 nitrogen and oxygen atoms in total. The molecule has 1 atom stereocenters. The molecule has 8 heteroatoms. The van der Waals surface area contributed by atoms with E-state index >= 15 is 0 Å². The Labute approximate surface area is 172 Å². The summed E-state index contributed by atoms with van der Waals surface area (Å²) in [7, 11) is 0.